The van der Waals surface area contributed by atoms with Gasteiger partial charge in [-0.05, 0) is 63.9 Å². The van der Waals surface area contributed by atoms with E-state index in [1.807, 2.05) is 6.92 Å². The average Bonchev–Trinajstić information content (AvgIpc) is 3.27. The van der Waals surface area contributed by atoms with E-state index < -0.39 is 0 Å². The van der Waals surface area contributed by atoms with Crippen LogP contribution in [-0.4, -0.2) is 27.3 Å². The van der Waals surface area contributed by atoms with Crippen molar-refractivity contribution in [3.8, 4) is 0 Å². The van der Waals surface area contributed by atoms with Gasteiger partial charge in [0, 0.05) is 18.5 Å². The Morgan fingerprint density at radius 3 is 2.96 bits per heavy atom. The van der Waals surface area contributed by atoms with Crippen LogP contribution < -0.4 is 10.9 Å². The zero-order chi connectivity index (χ0) is 19.7. The lowest BCUT2D eigenvalue weighted by Gasteiger charge is -2.15. The number of carbonyl (C=O) groups is 1. The van der Waals surface area contributed by atoms with Crippen molar-refractivity contribution >= 4 is 39.2 Å². The highest BCUT2D eigenvalue weighted by Gasteiger charge is 2.24. The van der Waals surface area contributed by atoms with Crippen LogP contribution in [0.5, 0.6) is 0 Å². The predicted molar refractivity (Wildman–Crippen MR) is 116 cm³/mol. The molecule has 1 atom stereocenters. The molecule has 0 spiro atoms. The van der Waals surface area contributed by atoms with Gasteiger partial charge in [0.1, 0.15) is 4.83 Å². The third-order valence-electron chi connectivity index (χ3n) is 5.69. The molecule has 4 rings (SSSR count). The molecule has 0 saturated heterocycles. The molecule has 0 aromatic carbocycles. The molecule has 0 saturated carbocycles. The summed E-state index contributed by atoms with van der Waals surface area (Å²) in [5, 5.41) is 4.16. The minimum absolute atomic E-state index is 0.00410. The molecule has 2 aliphatic carbocycles. The van der Waals surface area contributed by atoms with Crippen LogP contribution in [0.15, 0.2) is 21.6 Å². The van der Waals surface area contributed by atoms with E-state index in [1.54, 1.807) is 23.0 Å². The number of allylic oxidation sites excluding steroid dienone is 1. The van der Waals surface area contributed by atoms with Gasteiger partial charge in [0.15, 0.2) is 5.16 Å². The van der Waals surface area contributed by atoms with Crippen molar-refractivity contribution < 1.29 is 4.79 Å². The van der Waals surface area contributed by atoms with Gasteiger partial charge in [-0.1, -0.05) is 23.4 Å². The largest absolute Gasteiger partial charge is 0.355 e. The summed E-state index contributed by atoms with van der Waals surface area (Å²) < 4.78 is 1.61. The van der Waals surface area contributed by atoms with E-state index in [4.69, 9.17) is 4.98 Å². The highest BCUT2D eigenvalue weighted by molar-refractivity contribution is 8.00. The molecule has 28 heavy (non-hydrogen) atoms. The molecule has 2 aliphatic rings. The number of aryl methyl sites for hydroxylation is 2. The quantitative estimate of drug-likeness (QED) is 0.439. The Morgan fingerprint density at radius 1 is 1.32 bits per heavy atom. The number of amides is 1. The summed E-state index contributed by atoms with van der Waals surface area (Å²) in [6, 6.07) is 0. The normalized spacial score (nSPS) is 17.4. The Morgan fingerprint density at radius 2 is 2.18 bits per heavy atom. The third kappa shape index (κ3) is 3.92. The number of hydrogen-bond acceptors (Lipinski definition) is 5. The van der Waals surface area contributed by atoms with Gasteiger partial charge in [-0.25, -0.2) is 4.98 Å². The molecule has 0 radical (unpaired) electrons. The van der Waals surface area contributed by atoms with E-state index in [-0.39, 0.29) is 16.7 Å². The van der Waals surface area contributed by atoms with Crippen LogP contribution in [0.25, 0.3) is 10.2 Å². The van der Waals surface area contributed by atoms with E-state index in [9.17, 15) is 9.59 Å². The third-order valence-corrected chi connectivity index (χ3v) is 8.02. The first-order chi connectivity index (χ1) is 13.5. The summed E-state index contributed by atoms with van der Waals surface area (Å²) in [4.78, 5) is 32.2. The topological polar surface area (TPSA) is 64.0 Å². The van der Waals surface area contributed by atoms with Crippen molar-refractivity contribution in [3.63, 3.8) is 0 Å². The van der Waals surface area contributed by atoms with Crippen molar-refractivity contribution in [1.29, 1.82) is 0 Å². The minimum atomic E-state index is -0.289. The first kappa shape index (κ1) is 19.7. The number of thioether (sulfide) groups is 1. The van der Waals surface area contributed by atoms with Crippen LogP contribution in [0.3, 0.4) is 0 Å². The minimum Gasteiger partial charge on any atom is -0.355 e. The van der Waals surface area contributed by atoms with Crippen LogP contribution in [0.4, 0.5) is 0 Å². The Bertz CT molecular complexity index is 990. The number of nitrogens with zero attached hydrogens (tertiary/aromatic N) is 2. The van der Waals surface area contributed by atoms with Gasteiger partial charge in [0.2, 0.25) is 5.91 Å². The SMILES string of the molecule is C[C@@H](Sc1nc2sc3c(c2c(=O)n1C)CCC3)C(=O)NCCC1=CCCCC1. The van der Waals surface area contributed by atoms with Crippen molar-refractivity contribution in [2.24, 2.45) is 7.05 Å². The summed E-state index contributed by atoms with van der Waals surface area (Å²) in [6.07, 6.45) is 11.3. The molecule has 5 nitrogen and oxygen atoms in total. The van der Waals surface area contributed by atoms with Crippen LogP contribution in [0, 0.1) is 0 Å². The monoisotopic (exact) mass is 417 g/mol. The second-order valence-corrected chi connectivity index (χ2v) is 10.1. The molecule has 2 heterocycles. The van der Waals surface area contributed by atoms with Gasteiger partial charge in [-0.3, -0.25) is 14.2 Å². The van der Waals surface area contributed by atoms with E-state index in [1.165, 1.54) is 47.0 Å². The summed E-state index contributed by atoms with van der Waals surface area (Å²) in [6.45, 7) is 2.56. The van der Waals surface area contributed by atoms with Crippen molar-refractivity contribution in [1.82, 2.24) is 14.9 Å². The summed E-state index contributed by atoms with van der Waals surface area (Å²) >= 11 is 3.01. The fourth-order valence-electron chi connectivity index (χ4n) is 4.04. The Labute approximate surface area is 173 Å². The van der Waals surface area contributed by atoms with E-state index in [2.05, 4.69) is 11.4 Å². The summed E-state index contributed by atoms with van der Waals surface area (Å²) in [5.41, 5.74) is 2.68. The van der Waals surface area contributed by atoms with Crippen molar-refractivity contribution in [2.45, 2.75) is 68.7 Å². The van der Waals surface area contributed by atoms with Gasteiger partial charge >= 0.3 is 0 Å². The zero-order valence-corrected chi connectivity index (χ0v) is 18.2. The average molecular weight is 418 g/mol. The number of hydrogen-bond donors (Lipinski definition) is 1. The maximum absolute atomic E-state index is 12.9. The molecule has 0 aliphatic heterocycles. The molecule has 1 amide bonds. The molecule has 0 fully saturated rings. The van der Waals surface area contributed by atoms with Crippen LogP contribution in [-0.2, 0) is 24.7 Å². The van der Waals surface area contributed by atoms with E-state index in [0.29, 0.717) is 11.7 Å². The molecule has 2 aromatic heterocycles. The molecule has 0 unspecified atom stereocenters. The molecular weight excluding hydrogens is 390 g/mol. The molecule has 7 heteroatoms. The smallest absolute Gasteiger partial charge is 0.262 e. The fraction of sp³-hybridized carbons (Fsp3) is 0.571. The number of nitrogens with one attached hydrogen (secondary N) is 1. The van der Waals surface area contributed by atoms with Gasteiger partial charge in [0.05, 0.1) is 10.6 Å². The number of carbonyl (C=O) groups excluding carboxylic acids is 1. The lowest BCUT2D eigenvalue weighted by atomic mass is 9.97. The first-order valence-electron chi connectivity index (χ1n) is 10.2. The van der Waals surface area contributed by atoms with E-state index in [0.717, 1.165) is 42.3 Å². The second-order valence-electron chi connectivity index (χ2n) is 7.71. The fourth-order valence-corrected chi connectivity index (χ4v) is 6.25. The van der Waals surface area contributed by atoms with Gasteiger partial charge in [-0.15, -0.1) is 11.3 Å². The van der Waals surface area contributed by atoms with E-state index >= 15 is 0 Å². The van der Waals surface area contributed by atoms with Crippen molar-refractivity contribution in [3.05, 3.63) is 32.4 Å². The number of thiophene rings is 1. The first-order valence-corrected chi connectivity index (χ1v) is 11.9. The standard InChI is InChI=1S/C21H27N3O2S2/c1-13(18(25)22-12-11-14-7-4-3-5-8-14)27-21-23-19-17(20(26)24(21)2)15-9-6-10-16(15)28-19/h7,13H,3-6,8-12H2,1-2H3,(H,22,25)/t13-/m1/s1. The maximum Gasteiger partial charge on any atom is 0.262 e. The Balaban J connectivity index is 1.42. The molecule has 0 bridgehead atoms. The molecule has 1 N–H and O–H groups in total. The number of aromatic nitrogens is 2. The van der Waals surface area contributed by atoms with Crippen LogP contribution in [0.2, 0.25) is 0 Å². The highest BCUT2D eigenvalue weighted by atomic mass is 32.2. The maximum atomic E-state index is 12.9. The predicted octanol–water partition coefficient (Wildman–Crippen LogP) is 3.97. The van der Waals surface area contributed by atoms with Gasteiger partial charge < -0.3 is 5.32 Å². The number of rotatable bonds is 6. The van der Waals surface area contributed by atoms with Crippen molar-refractivity contribution in [2.75, 3.05) is 6.54 Å². The summed E-state index contributed by atoms with van der Waals surface area (Å²) in [7, 11) is 1.76. The second kappa shape index (κ2) is 8.41. The number of fused-ring (bicyclic) bond motifs is 3. The Hall–Kier alpha value is -1.60. The summed E-state index contributed by atoms with van der Waals surface area (Å²) in [5.74, 6) is 0.00410. The lowest BCUT2D eigenvalue weighted by Crippen LogP contribution is -2.32. The molecule has 2 aromatic rings. The van der Waals surface area contributed by atoms with Gasteiger partial charge in [-0.2, -0.15) is 0 Å². The lowest BCUT2D eigenvalue weighted by molar-refractivity contribution is -0.120. The van der Waals surface area contributed by atoms with Gasteiger partial charge in [0.25, 0.3) is 5.56 Å². The highest BCUT2D eigenvalue weighted by Crippen LogP contribution is 2.35. The zero-order valence-electron chi connectivity index (χ0n) is 16.5. The van der Waals surface area contributed by atoms with Crippen LogP contribution in [0.1, 0.15) is 55.9 Å². The molecule has 150 valence electrons. The molecular formula is C21H27N3O2S2. The van der Waals surface area contributed by atoms with Crippen LogP contribution >= 0.6 is 23.1 Å². The Kier molecular flexibility index (Phi) is 5.92.